The number of halogens is 2. The molecule has 3 heteroatoms. The first-order valence-electron chi connectivity index (χ1n) is 4.13. The molecule has 1 nitrogen and oxygen atoms in total. The highest BCUT2D eigenvalue weighted by molar-refractivity contribution is 5.30. The number of hydrogen-bond donors (Lipinski definition) is 1. The van der Waals surface area contributed by atoms with Crippen LogP contribution >= 0.6 is 0 Å². The van der Waals surface area contributed by atoms with Crippen LogP contribution in [-0.2, 0) is 0 Å². The third-order valence-electron chi connectivity index (χ3n) is 4.17. The van der Waals surface area contributed by atoms with Crippen LogP contribution in [0.2, 0.25) is 0 Å². The second kappa shape index (κ2) is 1.35. The van der Waals surface area contributed by atoms with E-state index in [-0.39, 0.29) is 18.4 Å². The predicted molar refractivity (Wildman–Crippen MR) is 34.2 cm³/mol. The quantitative estimate of drug-likeness (QED) is 0.612. The molecule has 1 N–H and O–H groups in total. The van der Waals surface area contributed by atoms with E-state index in [2.05, 4.69) is 0 Å². The van der Waals surface area contributed by atoms with Crippen LogP contribution < -0.4 is 0 Å². The van der Waals surface area contributed by atoms with Crippen LogP contribution in [0, 0.1) is 23.2 Å². The standard InChI is InChI=1S/C8H10F2O/c9-8(10)4-1-5-6(2-4)7(5,8)3-11/h4-6,11H,1-3H2. The molecule has 0 heterocycles. The molecule has 4 aliphatic carbocycles. The Morgan fingerprint density at radius 1 is 1.27 bits per heavy atom. The van der Waals surface area contributed by atoms with Crippen molar-refractivity contribution in [2.75, 3.05) is 6.61 Å². The second-order valence-corrected chi connectivity index (χ2v) is 4.20. The summed E-state index contributed by atoms with van der Waals surface area (Å²) in [5, 5.41) is 8.92. The number of hydrogen-bond acceptors (Lipinski definition) is 1. The first-order chi connectivity index (χ1) is 5.14. The van der Waals surface area contributed by atoms with E-state index in [0.29, 0.717) is 12.8 Å². The smallest absolute Gasteiger partial charge is 0.259 e. The Morgan fingerprint density at radius 2 is 1.82 bits per heavy atom. The molecule has 0 aromatic rings. The van der Waals surface area contributed by atoms with Crippen LogP contribution in [0.1, 0.15) is 12.8 Å². The molecule has 4 saturated carbocycles. The van der Waals surface area contributed by atoms with E-state index in [1.165, 1.54) is 0 Å². The molecule has 11 heavy (non-hydrogen) atoms. The average Bonchev–Trinajstić information content (AvgIpc) is 2.26. The van der Waals surface area contributed by atoms with E-state index >= 15 is 0 Å². The summed E-state index contributed by atoms with van der Waals surface area (Å²) in [6, 6.07) is 0. The van der Waals surface area contributed by atoms with Gasteiger partial charge in [0.1, 0.15) is 0 Å². The van der Waals surface area contributed by atoms with Gasteiger partial charge in [-0.15, -0.1) is 0 Å². The van der Waals surface area contributed by atoms with E-state index < -0.39 is 17.3 Å². The summed E-state index contributed by atoms with van der Waals surface area (Å²) in [6.07, 6.45) is 1.33. The Labute approximate surface area is 63.4 Å². The fourth-order valence-electron chi connectivity index (χ4n) is 3.57. The van der Waals surface area contributed by atoms with Crippen molar-refractivity contribution in [1.29, 1.82) is 0 Å². The largest absolute Gasteiger partial charge is 0.396 e. The molecule has 4 fully saturated rings. The SMILES string of the molecule is OCC12C3CC(CC31)C2(F)F. The minimum atomic E-state index is -2.54. The predicted octanol–water partition coefficient (Wildman–Crippen LogP) is 1.27. The topological polar surface area (TPSA) is 20.2 Å². The Balaban J connectivity index is 2.10. The van der Waals surface area contributed by atoms with Crippen molar-refractivity contribution in [2.24, 2.45) is 23.2 Å². The monoisotopic (exact) mass is 160 g/mol. The summed E-state index contributed by atoms with van der Waals surface area (Å²) in [5.74, 6) is -2.62. The van der Waals surface area contributed by atoms with Gasteiger partial charge in [-0.1, -0.05) is 0 Å². The molecule has 0 aromatic carbocycles. The van der Waals surface area contributed by atoms with Crippen molar-refractivity contribution in [3.8, 4) is 0 Å². The van der Waals surface area contributed by atoms with Gasteiger partial charge in [-0.05, 0) is 24.7 Å². The first kappa shape index (κ1) is 6.35. The Kier molecular flexibility index (Phi) is 0.777. The Morgan fingerprint density at radius 3 is 2.00 bits per heavy atom. The van der Waals surface area contributed by atoms with Crippen LogP contribution in [-0.4, -0.2) is 17.6 Å². The summed E-state index contributed by atoms with van der Waals surface area (Å²) in [7, 11) is 0. The first-order valence-corrected chi connectivity index (χ1v) is 4.13. The highest BCUT2D eigenvalue weighted by Crippen LogP contribution is 2.84. The lowest BCUT2D eigenvalue weighted by Gasteiger charge is -2.20. The van der Waals surface area contributed by atoms with Crippen molar-refractivity contribution >= 4 is 0 Å². The minimum Gasteiger partial charge on any atom is -0.396 e. The summed E-state index contributed by atoms with van der Waals surface area (Å²) < 4.78 is 26.6. The second-order valence-electron chi connectivity index (χ2n) is 4.20. The van der Waals surface area contributed by atoms with Crippen LogP contribution in [0.5, 0.6) is 0 Å². The number of rotatable bonds is 1. The van der Waals surface area contributed by atoms with E-state index in [1.54, 1.807) is 0 Å². The molecule has 0 radical (unpaired) electrons. The van der Waals surface area contributed by atoms with Gasteiger partial charge in [-0.3, -0.25) is 0 Å². The average molecular weight is 160 g/mol. The Hall–Kier alpha value is -0.180. The maximum absolute atomic E-state index is 13.3. The zero-order valence-electron chi connectivity index (χ0n) is 6.06. The van der Waals surface area contributed by atoms with Gasteiger partial charge in [0, 0.05) is 5.92 Å². The molecule has 2 unspecified atom stereocenters. The number of aliphatic hydroxyl groups excluding tert-OH is 1. The van der Waals surface area contributed by atoms with Gasteiger partial charge < -0.3 is 5.11 Å². The lowest BCUT2D eigenvalue weighted by atomic mass is 10.0. The van der Waals surface area contributed by atoms with Crippen molar-refractivity contribution in [3.63, 3.8) is 0 Å². The number of aliphatic hydroxyl groups is 1. The van der Waals surface area contributed by atoms with Crippen molar-refractivity contribution in [3.05, 3.63) is 0 Å². The maximum Gasteiger partial charge on any atom is 0.259 e. The fraction of sp³-hybridized carbons (Fsp3) is 1.00. The van der Waals surface area contributed by atoms with Gasteiger partial charge in [-0.2, -0.15) is 0 Å². The molecule has 0 aliphatic heterocycles. The molecule has 0 aromatic heterocycles. The van der Waals surface area contributed by atoms with Gasteiger partial charge in [0.15, 0.2) is 0 Å². The molecular weight excluding hydrogens is 150 g/mol. The molecule has 4 aliphatic rings. The normalized spacial score (nSPS) is 61.9. The third-order valence-corrected chi connectivity index (χ3v) is 4.17. The molecule has 0 saturated heterocycles. The van der Waals surface area contributed by atoms with Gasteiger partial charge in [0.2, 0.25) is 0 Å². The lowest BCUT2D eigenvalue weighted by molar-refractivity contribution is -0.0942. The molecule has 0 amide bonds. The summed E-state index contributed by atoms with van der Waals surface area (Å²) in [4.78, 5) is 0. The van der Waals surface area contributed by atoms with Crippen LogP contribution in [0.15, 0.2) is 0 Å². The summed E-state index contributed by atoms with van der Waals surface area (Å²) in [6.45, 7) is -0.300. The van der Waals surface area contributed by atoms with E-state index in [0.717, 1.165) is 0 Å². The molecule has 2 atom stereocenters. The van der Waals surface area contributed by atoms with Crippen molar-refractivity contribution < 1.29 is 13.9 Å². The molecule has 4 bridgehead atoms. The van der Waals surface area contributed by atoms with Crippen LogP contribution in [0.25, 0.3) is 0 Å². The highest BCUT2D eigenvalue weighted by Gasteiger charge is 2.88. The third kappa shape index (κ3) is 0.379. The van der Waals surface area contributed by atoms with E-state index in [1.807, 2.05) is 0 Å². The summed E-state index contributed by atoms with van der Waals surface area (Å²) in [5.41, 5.74) is -0.947. The van der Waals surface area contributed by atoms with Crippen LogP contribution in [0.4, 0.5) is 8.78 Å². The molecule has 4 rings (SSSR count). The van der Waals surface area contributed by atoms with Gasteiger partial charge in [0.25, 0.3) is 5.92 Å². The Bertz CT molecular complexity index is 214. The lowest BCUT2D eigenvalue weighted by Crippen LogP contribution is -2.32. The highest BCUT2D eigenvalue weighted by atomic mass is 19.3. The molecular formula is C8H10F2O. The van der Waals surface area contributed by atoms with Gasteiger partial charge in [0.05, 0.1) is 12.0 Å². The molecule has 0 spiro atoms. The van der Waals surface area contributed by atoms with Gasteiger partial charge in [-0.25, -0.2) is 8.78 Å². The van der Waals surface area contributed by atoms with Gasteiger partial charge >= 0.3 is 0 Å². The zero-order chi connectivity index (χ0) is 7.85. The van der Waals surface area contributed by atoms with E-state index in [9.17, 15) is 8.78 Å². The molecule has 62 valence electrons. The van der Waals surface area contributed by atoms with Crippen molar-refractivity contribution in [1.82, 2.24) is 0 Å². The van der Waals surface area contributed by atoms with Crippen LogP contribution in [0.3, 0.4) is 0 Å². The van der Waals surface area contributed by atoms with Crippen molar-refractivity contribution in [2.45, 2.75) is 18.8 Å². The fourth-order valence-corrected chi connectivity index (χ4v) is 3.57. The zero-order valence-corrected chi connectivity index (χ0v) is 6.06. The number of alkyl halides is 2. The maximum atomic E-state index is 13.3. The van der Waals surface area contributed by atoms with E-state index in [4.69, 9.17) is 5.11 Å². The minimum absolute atomic E-state index is 0.160. The summed E-state index contributed by atoms with van der Waals surface area (Å²) >= 11 is 0.